The van der Waals surface area contributed by atoms with E-state index in [1.807, 2.05) is 80.3 Å². The van der Waals surface area contributed by atoms with Crippen molar-refractivity contribution in [2.75, 3.05) is 25.0 Å². The molecule has 0 heterocycles. The van der Waals surface area contributed by atoms with E-state index in [1.54, 1.807) is 24.3 Å². The number of carbonyl (C=O) groups excluding carboxylic acids is 2. The maximum absolute atomic E-state index is 13.3. The summed E-state index contributed by atoms with van der Waals surface area (Å²) in [5.74, 6) is -0.385. The first kappa shape index (κ1) is 27.9. The Hall–Kier alpha value is -3.64. The maximum Gasteiger partial charge on any atom is 0.253 e. The highest BCUT2D eigenvalue weighted by atomic mass is 16.3. The summed E-state index contributed by atoms with van der Waals surface area (Å²) in [5, 5.41) is 17.4. The van der Waals surface area contributed by atoms with Gasteiger partial charge in [0.1, 0.15) is 0 Å². The summed E-state index contributed by atoms with van der Waals surface area (Å²) in [6.45, 7) is 7.77. The van der Waals surface area contributed by atoms with E-state index in [4.69, 9.17) is 0 Å². The summed E-state index contributed by atoms with van der Waals surface area (Å²) in [6.07, 6.45) is 1.39. The van der Waals surface area contributed by atoms with Gasteiger partial charge in [0.15, 0.2) is 0 Å². The minimum atomic E-state index is -0.833. The van der Waals surface area contributed by atoms with Gasteiger partial charge in [-0.25, -0.2) is 0 Å². The molecule has 0 radical (unpaired) electrons. The molecule has 0 spiro atoms. The summed E-state index contributed by atoms with van der Waals surface area (Å²) >= 11 is 0. The highest BCUT2D eigenvalue weighted by Crippen LogP contribution is 2.14. The van der Waals surface area contributed by atoms with Crippen molar-refractivity contribution in [3.05, 3.63) is 101 Å². The standard InChI is InChI=1S/C31H39N3O3/c1-4-18-34(19-5-2)31(37)26-13-9-12-25(21-26)30(36)33-28(20-24-10-7-6-8-11-24)29(35)22-32-27-16-14-23(3)15-17-27/h6-17,21,28-29,32,35H,4-5,18-20,22H2,1-3H3,(H,33,36)/t28-,29+/m0/s1. The SMILES string of the molecule is CCCN(CCC)C(=O)c1cccc(C(=O)N[C@@H](Cc2ccccc2)[C@H](O)CNc2ccc(C)cc2)c1. The van der Waals surface area contributed by atoms with E-state index in [2.05, 4.69) is 10.6 Å². The maximum atomic E-state index is 13.3. The molecule has 0 bridgehead atoms. The van der Waals surface area contributed by atoms with Crippen molar-refractivity contribution in [1.82, 2.24) is 10.2 Å². The van der Waals surface area contributed by atoms with Crippen LogP contribution in [0.2, 0.25) is 0 Å². The Morgan fingerprint density at radius 2 is 1.51 bits per heavy atom. The number of benzene rings is 3. The summed E-state index contributed by atoms with van der Waals surface area (Å²) in [7, 11) is 0. The van der Waals surface area contributed by atoms with Crippen molar-refractivity contribution in [2.45, 2.75) is 52.2 Å². The van der Waals surface area contributed by atoms with Gasteiger partial charge in [0, 0.05) is 36.4 Å². The Bertz CT molecular complexity index is 1130. The summed E-state index contributed by atoms with van der Waals surface area (Å²) in [6, 6.07) is 24.0. The number of rotatable bonds is 13. The van der Waals surface area contributed by atoms with Gasteiger partial charge in [-0.1, -0.05) is 67.9 Å². The van der Waals surface area contributed by atoms with Gasteiger partial charge in [-0.15, -0.1) is 0 Å². The van der Waals surface area contributed by atoms with Gasteiger partial charge < -0.3 is 20.6 Å². The molecule has 3 aromatic carbocycles. The number of nitrogens with zero attached hydrogens (tertiary/aromatic N) is 1. The fraction of sp³-hybridized carbons (Fsp3) is 0.355. The van der Waals surface area contributed by atoms with E-state index >= 15 is 0 Å². The van der Waals surface area contributed by atoms with Gasteiger partial charge in [0.25, 0.3) is 11.8 Å². The van der Waals surface area contributed by atoms with Crippen LogP contribution in [0.15, 0.2) is 78.9 Å². The normalized spacial score (nSPS) is 12.4. The van der Waals surface area contributed by atoms with Crippen LogP contribution in [0, 0.1) is 6.92 Å². The molecule has 3 aromatic rings. The second-order valence-electron chi connectivity index (χ2n) is 9.46. The molecular weight excluding hydrogens is 462 g/mol. The summed E-state index contributed by atoms with van der Waals surface area (Å²) in [5.41, 5.74) is 3.98. The summed E-state index contributed by atoms with van der Waals surface area (Å²) < 4.78 is 0. The zero-order valence-electron chi connectivity index (χ0n) is 22.1. The average Bonchev–Trinajstić information content (AvgIpc) is 2.92. The van der Waals surface area contributed by atoms with E-state index in [0.717, 1.165) is 29.7 Å². The lowest BCUT2D eigenvalue weighted by Crippen LogP contribution is -2.47. The van der Waals surface area contributed by atoms with Crippen LogP contribution in [0.5, 0.6) is 0 Å². The Labute approximate surface area is 220 Å². The molecule has 0 saturated carbocycles. The number of carbonyl (C=O) groups is 2. The van der Waals surface area contributed by atoms with Crippen molar-refractivity contribution >= 4 is 17.5 Å². The van der Waals surface area contributed by atoms with Gasteiger partial charge in [-0.05, 0) is 62.1 Å². The monoisotopic (exact) mass is 501 g/mol. The van der Waals surface area contributed by atoms with Crippen molar-refractivity contribution < 1.29 is 14.7 Å². The van der Waals surface area contributed by atoms with E-state index < -0.39 is 12.1 Å². The molecular formula is C31H39N3O3. The highest BCUT2D eigenvalue weighted by molar-refractivity contribution is 5.99. The number of aryl methyl sites for hydroxylation is 1. The zero-order valence-corrected chi connectivity index (χ0v) is 22.1. The summed E-state index contributed by atoms with van der Waals surface area (Å²) in [4.78, 5) is 28.2. The van der Waals surface area contributed by atoms with Crippen LogP contribution in [0.3, 0.4) is 0 Å². The quantitative estimate of drug-likeness (QED) is 0.305. The Kier molecular flexibility index (Phi) is 10.7. The van der Waals surface area contributed by atoms with Crippen LogP contribution < -0.4 is 10.6 Å². The zero-order chi connectivity index (χ0) is 26.6. The van der Waals surface area contributed by atoms with Gasteiger partial charge in [-0.2, -0.15) is 0 Å². The largest absolute Gasteiger partial charge is 0.389 e. The van der Waals surface area contributed by atoms with Crippen molar-refractivity contribution in [1.29, 1.82) is 0 Å². The fourth-order valence-corrected chi connectivity index (χ4v) is 4.27. The molecule has 0 aromatic heterocycles. The first-order valence-electron chi connectivity index (χ1n) is 13.1. The third-order valence-electron chi connectivity index (χ3n) is 6.29. The number of anilines is 1. The van der Waals surface area contributed by atoms with Gasteiger partial charge >= 0.3 is 0 Å². The smallest absolute Gasteiger partial charge is 0.253 e. The Balaban J connectivity index is 1.74. The van der Waals surface area contributed by atoms with E-state index in [1.165, 1.54) is 0 Å². The molecule has 0 unspecified atom stereocenters. The van der Waals surface area contributed by atoms with Gasteiger partial charge in [-0.3, -0.25) is 9.59 Å². The second-order valence-corrected chi connectivity index (χ2v) is 9.46. The molecule has 0 aliphatic heterocycles. The number of hydrogen-bond donors (Lipinski definition) is 3. The molecule has 0 aliphatic rings. The van der Waals surface area contributed by atoms with Crippen LogP contribution >= 0.6 is 0 Å². The third-order valence-corrected chi connectivity index (χ3v) is 6.29. The molecule has 0 saturated heterocycles. The molecule has 6 heteroatoms. The fourth-order valence-electron chi connectivity index (χ4n) is 4.27. The molecule has 6 nitrogen and oxygen atoms in total. The Morgan fingerprint density at radius 1 is 0.865 bits per heavy atom. The predicted molar refractivity (Wildman–Crippen MR) is 150 cm³/mol. The topological polar surface area (TPSA) is 81.7 Å². The van der Waals surface area contributed by atoms with Gasteiger partial charge in [0.2, 0.25) is 0 Å². The average molecular weight is 502 g/mol. The minimum Gasteiger partial charge on any atom is -0.389 e. The first-order chi connectivity index (χ1) is 17.9. The lowest BCUT2D eigenvalue weighted by Gasteiger charge is -2.25. The van der Waals surface area contributed by atoms with Crippen molar-refractivity contribution in [2.24, 2.45) is 0 Å². The molecule has 37 heavy (non-hydrogen) atoms. The molecule has 0 fully saturated rings. The second kappa shape index (κ2) is 14.2. The van der Waals surface area contributed by atoms with E-state index in [-0.39, 0.29) is 18.4 Å². The number of hydrogen-bond acceptors (Lipinski definition) is 4. The molecule has 2 amide bonds. The van der Waals surface area contributed by atoms with E-state index in [0.29, 0.717) is 30.6 Å². The molecule has 196 valence electrons. The van der Waals surface area contributed by atoms with Crippen LogP contribution in [-0.2, 0) is 6.42 Å². The number of aliphatic hydroxyl groups is 1. The number of nitrogens with one attached hydrogen (secondary N) is 2. The van der Waals surface area contributed by atoms with Crippen LogP contribution in [0.4, 0.5) is 5.69 Å². The first-order valence-corrected chi connectivity index (χ1v) is 13.1. The minimum absolute atomic E-state index is 0.0680. The van der Waals surface area contributed by atoms with Crippen molar-refractivity contribution in [3.8, 4) is 0 Å². The lowest BCUT2D eigenvalue weighted by molar-refractivity contribution is 0.0755. The number of amides is 2. The predicted octanol–water partition coefficient (Wildman–Crippen LogP) is 5.07. The number of aliphatic hydroxyl groups excluding tert-OH is 1. The van der Waals surface area contributed by atoms with Crippen LogP contribution in [-0.4, -0.2) is 53.6 Å². The van der Waals surface area contributed by atoms with E-state index in [9.17, 15) is 14.7 Å². The highest BCUT2D eigenvalue weighted by Gasteiger charge is 2.23. The molecule has 2 atom stereocenters. The lowest BCUT2D eigenvalue weighted by atomic mass is 10.00. The molecule has 0 aliphatic carbocycles. The van der Waals surface area contributed by atoms with Gasteiger partial charge in [0.05, 0.1) is 12.1 Å². The van der Waals surface area contributed by atoms with Crippen molar-refractivity contribution in [3.63, 3.8) is 0 Å². The van der Waals surface area contributed by atoms with Crippen LogP contribution in [0.25, 0.3) is 0 Å². The molecule has 3 rings (SSSR count). The molecule has 3 N–H and O–H groups in total. The Morgan fingerprint density at radius 3 is 2.16 bits per heavy atom. The third kappa shape index (κ3) is 8.46. The van der Waals surface area contributed by atoms with Crippen LogP contribution in [0.1, 0.15) is 58.5 Å².